The molecular weight excluding hydrogens is 314 g/mol. The minimum Gasteiger partial charge on any atom is -0.348 e. The third kappa shape index (κ3) is 4.27. The summed E-state index contributed by atoms with van der Waals surface area (Å²) in [4.78, 5) is 15.1. The number of likely N-dealkylation sites (N-methyl/N-ethyl adjacent to an activating group) is 1. The topological polar surface area (TPSA) is 62.2 Å². The second-order valence-corrected chi connectivity index (χ2v) is 7.05. The first-order valence-electron chi connectivity index (χ1n) is 8.74. The zero-order valence-corrected chi connectivity index (χ0v) is 15.1. The van der Waals surface area contributed by atoms with Crippen LogP contribution in [0.2, 0.25) is 0 Å². The van der Waals surface area contributed by atoms with E-state index in [4.69, 9.17) is 0 Å². The number of nitrogens with one attached hydrogen (secondary N) is 2. The van der Waals surface area contributed by atoms with Gasteiger partial charge in [-0.3, -0.25) is 9.48 Å². The van der Waals surface area contributed by atoms with Gasteiger partial charge in [0.15, 0.2) is 0 Å². The van der Waals surface area contributed by atoms with Crippen molar-refractivity contribution in [3.63, 3.8) is 0 Å². The Morgan fingerprint density at radius 2 is 2.12 bits per heavy atom. The van der Waals surface area contributed by atoms with Crippen LogP contribution in [0.25, 0.3) is 0 Å². The van der Waals surface area contributed by atoms with Crippen molar-refractivity contribution in [2.75, 3.05) is 33.7 Å². The van der Waals surface area contributed by atoms with Crippen molar-refractivity contribution in [1.82, 2.24) is 25.3 Å². The molecule has 6 nitrogen and oxygen atoms in total. The predicted octanol–water partition coefficient (Wildman–Crippen LogP) is 1.14. The number of hydrogen-bond acceptors (Lipinski definition) is 4. The van der Waals surface area contributed by atoms with Crippen LogP contribution < -0.4 is 10.6 Å². The number of carbonyl (C=O) groups is 1. The third-order valence-corrected chi connectivity index (χ3v) is 4.77. The van der Waals surface area contributed by atoms with Gasteiger partial charge in [-0.05, 0) is 25.2 Å². The number of hydrogen-bond donors (Lipinski definition) is 2. The molecule has 3 atom stereocenters. The summed E-state index contributed by atoms with van der Waals surface area (Å²) in [5.41, 5.74) is 2.25. The maximum absolute atomic E-state index is 13.0. The van der Waals surface area contributed by atoms with Crippen molar-refractivity contribution in [2.24, 2.45) is 13.0 Å². The molecule has 0 bridgehead atoms. The predicted molar refractivity (Wildman–Crippen MR) is 98.2 cm³/mol. The highest BCUT2D eigenvalue weighted by Crippen LogP contribution is 2.28. The fourth-order valence-electron chi connectivity index (χ4n) is 3.50. The van der Waals surface area contributed by atoms with Gasteiger partial charge in [0.25, 0.3) is 0 Å². The molecule has 0 aliphatic carbocycles. The molecule has 2 aromatic rings. The van der Waals surface area contributed by atoms with Crippen LogP contribution in [0.5, 0.6) is 0 Å². The molecule has 134 valence electrons. The number of aromatic nitrogens is 2. The van der Waals surface area contributed by atoms with Gasteiger partial charge in [-0.2, -0.15) is 5.10 Å². The lowest BCUT2D eigenvalue weighted by atomic mass is 9.90. The Balaban J connectivity index is 1.74. The van der Waals surface area contributed by atoms with Crippen LogP contribution in [0.15, 0.2) is 42.7 Å². The van der Waals surface area contributed by atoms with Crippen LogP contribution in [0.4, 0.5) is 0 Å². The first kappa shape index (κ1) is 17.6. The Morgan fingerprint density at radius 3 is 2.76 bits per heavy atom. The number of rotatable bonds is 6. The van der Waals surface area contributed by atoms with E-state index in [2.05, 4.69) is 32.8 Å². The molecule has 1 saturated heterocycles. The maximum Gasteiger partial charge on any atom is 0.225 e. The van der Waals surface area contributed by atoms with Gasteiger partial charge in [0.2, 0.25) is 5.91 Å². The van der Waals surface area contributed by atoms with E-state index in [9.17, 15) is 4.79 Å². The van der Waals surface area contributed by atoms with Gasteiger partial charge < -0.3 is 15.5 Å². The second kappa shape index (κ2) is 7.80. The highest BCUT2D eigenvalue weighted by molar-refractivity contribution is 5.81. The molecule has 0 radical (unpaired) electrons. The first-order chi connectivity index (χ1) is 12.0. The molecule has 0 spiro atoms. The molecule has 2 N–H and O–H groups in total. The Bertz CT molecular complexity index is 697. The lowest BCUT2D eigenvalue weighted by Gasteiger charge is -2.25. The summed E-state index contributed by atoms with van der Waals surface area (Å²) in [5.74, 6) is 0.205. The van der Waals surface area contributed by atoms with Gasteiger partial charge in [-0.25, -0.2) is 0 Å². The van der Waals surface area contributed by atoms with Crippen LogP contribution in [0, 0.1) is 5.92 Å². The number of aryl methyl sites for hydroxylation is 1. The van der Waals surface area contributed by atoms with Crippen molar-refractivity contribution in [2.45, 2.75) is 12.0 Å². The van der Waals surface area contributed by atoms with E-state index in [1.165, 1.54) is 0 Å². The van der Waals surface area contributed by atoms with Crippen molar-refractivity contribution in [1.29, 1.82) is 0 Å². The number of carbonyl (C=O) groups excluding carboxylic acids is 1. The summed E-state index contributed by atoms with van der Waals surface area (Å²) in [5, 5.41) is 10.9. The molecule has 1 amide bonds. The molecule has 1 aliphatic heterocycles. The van der Waals surface area contributed by atoms with Crippen LogP contribution in [-0.4, -0.2) is 54.3 Å². The van der Waals surface area contributed by atoms with Crippen LogP contribution in [0.3, 0.4) is 0 Å². The Kier molecular flexibility index (Phi) is 5.50. The normalized spacial score (nSPS) is 21.4. The Hall–Kier alpha value is -2.18. The highest BCUT2D eigenvalue weighted by atomic mass is 16.2. The maximum atomic E-state index is 13.0. The summed E-state index contributed by atoms with van der Waals surface area (Å²) >= 11 is 0. The summed E-state index contributed by atoms with van der Waals surface area (Å²) in [7, 11) is 5.96. The molecule has 2 heterocycles. The summed E-state index contributed by atoms with van der Waals surface area (Å²) in [6.45, 7) is 2.29. The summed E-state index contributed by atoms with van der Waals surface area (Å²) < 4.78 is 1.79. The van der Waals surface area contributed by atoms with Crippen LogP contribution in [-0.2, 0) is 11.8 Å². The average Bonchev–Trinajstić information content (AvgIpc) is 3.23. The quantitative estimate of drug-likeness (QED) is 0.827. The molecule has 1 unspecified atom stereocenters. The van der Waals surface area contributed by atoms with Gasteiger partial charge in [-0.15, -0.1) is 0 Å². The third-order valence-electron chi connectivity index (χ3n) is 4.77. The van der Waals surface area contributed by atoms with E-state index in [1.54, 1.807) is 4.68 Å². The standard InChI is InChI=1S/C19H27N5O/c1-23(2)13-18(14-7-5-4-6-8-14)22-19(25)17-11-20-10-16(17)15-9-21-24(3)12-15/h4-9,12,16-18,20H,10-11,13H2,1-3H3,(H,22,25)/t16-,17+,18?/m1/s1. The lowest BCUT2D eigenvalue weighted by molar-refractivity contribution is -0.125. The fourth-order valence-corrected chi connectivity index (χ4v) is 3.50. The fraction of sp³-hybridized carbons (Fsp3) is 0.474. The van der Waals surface area contributed by atoms with Gasteiger partial charge in [0, 0.05) is 38.8 Å². The summed E-state index contributed by atoms with van der Waals surface area (Å²) in [6, 6.07) is 10.1. The molecule has 0 saturated carbocycles. The van der Waals surface area contributed by atoms with Crippen LogP contribution >= 0.6 is 0 Å². The second-order valence-electron chi connectivity index (χ2n) is 7.05. The van der Waals surface area contributed by atoms with Gasteiger partial charge in [-0.1, -0.05) is 30.3 Å². The smallest absolute Gasteiger partial charge is 0.225 e. The van der Waals surface area contributed by atoms with Crippen molar-refractivity contribution in [3.8, 4) is 0 Å². The number of nitrogens with zero attached hydrogens (tertiary/aromatic N) is 3. The van der Waals surface area contributed by atoms with Gasteiger partial charge in [0.05, 0.1) is 18.2 Å². The summed E-state index contributed by atoms with van der Waals surface area (Å²) in [6.07, 6.45) is 3.87. The van der Waals surface area contributed by atoms with E-state index >= 15 is 0 Å². The van der Waals surface area contributed by atoms with Gasteiger partial charge in [0.1, 0.15) is 0 Å². The zero-order chi connectivity index (χ0) is 17.8. The monoisotopic (exact) mass is 341 g/mol. The zero-order valence-electron chi connectivity index (χ0n) is 15.1. The Labute approximate surface area is 149 Å². The van der Waals surface area contributed by atoms with Crippen molar-refractivity contribution < 1.29 is 4.79 Å². The van der Waals surface area contributed by atoms with Crippen molar-refractivity contribution >= 4 is 5.91 Å². The molecule has 25 heavy (non-hydrogen) atoms. The first-order valence-corrected chi connectivity index (χ1v) is 8.74. The molecule has 3 rings (SSSR count). The van der Waals surface area contributed by atoms with E-state index in [-0.39, 0.29) is 23.8 Å². The van der Waals surface area contributed by atoms with E-state index in [0.29, 0.717) is 6.54 Å². The van der Waals surface area contributed by atoms with Crippen molar-refractivity contribution in [3.05, 3.63) is 53.9 Å². The van der Waals surface area contributed by atoms with Crippen LogP contribution in [0.1, 0.15) is 23.1 Å². The molecule has 6 heteroatoms. The number of amides is 1. The molecular formula is C19H27N5O. The molecule has 1 fully saturated rings. The van der Waals surface area contributed by atoms with E-state index in [0.717, 1.165) is 24.2 Å². The van der Waals surface area contributed by atoms with Gasteiger partial charge >= 0.3 is 0 Å². The SMILES string of the molecule is CN(C)CC(NC(=O)[C@H]1CNC[C@@H]1c1cnn(C)c1)c1ccccc1. The average molecular weight is 341 g/mol. The largest absolute Gasteiger partial charge is 0.348 e. The molecule has 1 aromatic heterocycles. The lowest BCUT2D eigenvalue weighted by Crippen LogP contribution is -2.40. The Morgan fingerprint density at radius 1 is 1.36 bits per heavy atom. The molecule has 1 aliphatic rings. The van der Waals surface area contributed by atoms with E-state index < -0.39 is 0 Å². The highest BCUT2D eigenvalue weighted by Gasteiger charge is 2.35. The van der Waals surface area contributed by atoms with E-state index in [1.807, 2.05) is 51.7 Å². The molecule has 1 aromatic carbocycles. The minimum absolute atomic E-state index is 0.0150. The minimum atomic E-state index is -0.0717. The number of benzene rings is 1.